The fraction of sp³-hybridized carbons (Fsp3) is 0.387. The molecular weight excluding hydrogens is 520 g/mol. The summed E-state index contributed by atoms with van der Waals surface area (Å²) >= 11 is 0. The van der Waals surface area contributed by atoms with Gasteiger partial charge in [-0.1, -0.05) is 12.1 Å². The van der Waals surface area contributed by atoms with E-state index in [4.69, 9.17) is 20.7 Å². The molecule has 5 N–H and O–H groups in total. The van der Waals surface area contributed by atoms with Crippen molar-refractivity contribution in [3.8, 4) is 6.07 Å². The summed E-state index contributed by atoms with van der Waals surface area (Å²) in [6.45, 7) is 5.42. The van der Waals surface area contributed by atoms with E-state index < -0.39 is 23.8 Å². The molecule has 1 aliphatic heterocycles. The Morgan fingerprint density at radius 2 is 1.98 bits per heavy atom. The Balaban J connectivity index is 1.21. The second-order valence-electron chi connectivity index (χ2n) is 11.8. The number of ether oxygens (including phenoxy) is 1. The number of furan rings is 1. The standard InChI is InChI=1S/C31H36N6O4/c1-31(2,3)41-30(39)37-25-10-6-22(16-25)28(37)29(38)35-23(17-32)14-19-4-8-24(9-5-19)36(34)18-26(33)20-7-11-27-21(15-20)12-13-40-27/h4-5,7-9,11-13,15,18,22-23,25,28H,6,10,14,16,33-34H2,1-3H3,(H,35,38)/b26-18-/t22?,23-,25?,28?/m0/s1. The number of likely N-dealkylation sites (tertiary alicyclic amines) is 1. The highest BCUT2D eigenvalue weighted by molar-refractivity contribution is 5.87. The number of hydrazine groups is 1. The molecule has 3 aromatic rings. The SMILES string of the molecule is CC(C)(C)OC(=O)N1C2CCC(C2)C1C(=O)N[C@H](C#N)Cc1ccc(N(N)/C=C(\N)c2ccc3occc3c2)cc1. The molecule has 1 aliphatic carbocycles. The van der Waals surface area contributed by atoms with Crippen molar-refractivity contribution in [3.05, 3.63) is 72.1 Å². The number of anilines is 1. The van der Waals surface area contributed by atoms with Gasteiger partial charge in [0, 0.05) is 24.0 Å². The monoisotopic (exact) mass is 556 g/mol. The number of carbonyl (C=O) groups excluding carboxylic acids is 2. The molecule has 1 saturated heterocycles. The van der Waals surface area contributed by atoms with Gasteiger partial charge in [0.05, 0.1) is 23.7 Å². The molecule has 1 aromatic heterocycles. The lowest BCUT2D eigenvalue weighted by Crippen LogP contribution is -2.55. The third-order valence-electron chi connectivity index (χ3n) is 7.67. The van der Waals surface area contributed by atoms with Gasteiger partial charge < -0.3 is 20.2 Å². The average Bonchev–Trinajstić information content (AvgIpc) is 3.68. The molecular formula is C31H36N6O4. The van der Waals surface area contributed by atoms with E-state index in [1.165, 1.54) is 5.01 Å². The molecule has 2 amide bonds. The molecule has 0 spiro atoms. The predicted octanol–water partition coefficient (Wildman–Crippen LogP) is 4.41. The number of nitrogens with two attached hydrogens (primary N) is 2. The van der Waals surface area contributed by atoms with Crippen LogP contribution in [0.3, 0.4) is 0 Å². The van der Waals surface area contributed by atoms with Crippen LogP contribution in [0.2, 0.25) is 0 Å². The van der Waals surface area contributed by atoms with E-state index in [1.807, 2.05) is 69.3 Å². The van der Waals surface area contributed by atoms with Gasteiger partial charge in [-0.05, 0) is 93.5 Å². The Hall–Kier alpha value is -4.49. The van der Waals surface area contributed by atoms with Gasteiger partial charge in [0.25, 0.3) is 0 Å². The zero-order valence-corrected chi connectivity index (χ0v) is 23.5. The Bertz CT molecular complexity index is 1500. The molecule has 3 unspecified atom stereocenters. The maximum atomic E-state index is 13.3. The lowest BCUT2D eigenvalue weighted by atomic mass is 9.97. The molecule has 2 fully saturated rings. The van der Waals surface area contributed by atoms with Crippen LogP contribution < -0.4 is 21.9 Å². The smallest absolute Gasteiger partial charge is 0.411 e. The van der Waals surface area contributed by atoms with Crippen LogP contribution in [0.5, 0.6) is 0 Å². The van der Waals surface area contributed by atoms with Crippen molar-refractivity contribution in [1.82, 2.24) is 10.2 Å². The predicted molar refractivity (Wildman–Crippen MR) is 156 cm³/mol. The van der Waals surface area contributed by atoms with Gasteiger partial charge in [-0.25, -0.2) is 10.6 Å². The summed E-state index contributed by atoms with van der Waals surface area (Å²) in [5.41, 5.74) is 9.28. The number of hydrogen-bond donors (Lipinski definition) is 3. The van der Waals surface area contributed by atoms with Crippen molar-refractivity contribution < 1.29 is 18.7 Å². The molecule has 2 aromatic carbocycles. The van der Waals surface area contributed by atoms with E-state index in [0.29, 0.717) is 17.8 Å². The van der Waals surface area contributed by atoms with Crippen molar-refractivity contribution in [2.24, 2.45) is 17.5 Å². The molecule has 214 valence electrons. The number of carbonyl (C=O) groups is 2. The first-order valence-electron chi connectivity index (χ1n) is 13.8. The lowest BCUT2D eigenvalue weighted by Gasteiger charge is -2.35. The second-order valence-corrected chi connectivity index (χ2v) is 11.8. The van der Waals surface area contributed by atoms with E-state index in [-0.39, 0.29) is 17.9 Å². The minimum atomic E-state index is -0.754. The zero-order chi connectivity index (χ0) is 29.3. The quantitative estimate of drug-likeness (QED) is 0.286. The molecule has 2 heterocycles. The zero-order valence-electron chi connectivity index (χ0n) is 23.5. The number of benzene rings is 2. The van der Waals surface area contributed by atoms with Crippen LogP contribution in [0.15, 0.2) is 65.4 Å². The minimum Gasteiger partial charge on any atom is -0.464 e. The third kappa shape index (κ3) is 6.15. The number of amides is 2. The first-order chi connectivity index (χ1) is 19.5. The van der Waals surface area contributed by atoms with Gasteiger partial charge in [-0.3, -0.25) is 14.7 Å². The van der Waals surface area contributed by atoms with Crippen LogP contribution in [0, 0.1) is 17.2 Å². The van der Waals surface area contributed by atoms with Gasteiger partial charge in [0.1, 0.15) is 23.3 Å². The summed E-state index contributed by atoms with van der Waals surface area (Å²) in [6.07, 6.45) is 5.63. The molecule has 10 heteroatoms. The van der Waals surface area contributed by atoms with Crippen LogP contribution in [0.1, 0.15) is 51.2 Å². The topological polar surface area (TPSA) is 151 Å². The Labute approximate surface area is 239 Å². The molecule has 1 saturated carbocycles. The van der Waals surface area contributed by atoms with Gasteiger partial charge in [-0.15, -0.1) is 0 Å². The van der Waals surface area contributed by atoms with Gasteiger partial charge in [-0.2, -0.15) is 5.26 Å². The number of piperidine rings is 1. The minimum absolute atomic E-state index is 0.00507. The van der Waals surface area contributed by atoms with Crippen molar-refractivity contribution in [2.45, 2.75) is 70.2 Å². The summed E-state index contributed by atoms with van der Waals surface area (Å²) < 4.78 is 11.0. The fourth-order valence-electron chi connectivity index (χ4n) is 5.77. The number of rotatable bonds is 7. The molecule has 41 heavy (non-hydrogen) atoms. The first-order valence-corrected chi connectivity index (χ1v) is 13.8. The van der Waals surface area contributed by atoms with Crippen LogP contribution in [-0.2, 0) is 16.0 Å². The van der Waals surface area contributed by atoms with E-state index in [2.05, 4.69) is 11.4 Å². The highest BCUT2D eigenvalue weighted by Crippen LogP contribution is 2.43. The molecule has 0 radical (unpaired) electrons. The highest BCUT2D eigenvalue weighted by Gasteiger charge is 2.52. The number of nitriles is 1. The summed E-state index contributed by atoms with van der Waals surface area (Å²) in [4.78, 5) is 27.8. The summed E-state index contributed by atoms with van der Waals surface area (Å²) in [5.74, 6) is 6.01. The largest absolute Gasteiger partial charge is 0.464 e. The fourth-order valence-corrected chi connectivity index (χ4v) is 5.77. The third-order valence-corrected chi connectivity index (χ3v) is 7.67. The van der Waals surface area contributed by atoms with Crippen LogP contribution >= 0.6 is 0 Å². The highest BCUT2D eigenvalue weighted by atomic mass is 16.6. The van der Waals surface area contributed by atoms with Gasteiger partial charge >= 0.3 is 6.09 Å². The Kier molecular flexibility index (Phi) is 7.65. The number of fused-ring (bicyclic) bond motifs is 3. The molecule has 2 aliphatic rings. The molecule has 5 rings (SSSR count). The Morgan fingerprint density at radius 1 is 1.22 bits per heavy atom. The van der Waals surface area contributed by atoms with Crippen LogP contribution in [0.4, 0.5) is 10.5 Å². The van der Waals surface area contributed by atoms with Crippen molar-refractivity contribution in [2.75, 3.05) is 5.01 Å². The van der Waals surface area contributed by atoms with Crippen LogP contribution in [0.25, 0.3) is 16.7 Å². The maximum Gasteiger partial charge on any atom is 0.411 e. The van der Waals surface area contributed by atoms with E-state index in [9.17, 15) is 14.9 Å². The van der Waals surface area contributed by atoms with Crippen LogP contribution in [-0.4, -0.2) is 40.6 Å². The number of nitrogens with one attached hydrogen (secondary N) is 1. The summed E-state index contributed by atoms with van der Waals surface area (Å²) in [7, 11) is 0. The van der Waals surface area contributed by atoms with Crippen molar-refractivity contribution in [3.63, 3.8) is 0 Å². The normalized spacial score (nSPS) is 21.0. The Morgan fingerprint density at radius 3 is 2.68 bits per heavy atom. The molecule has 2 bridgehead atoms. The van der Waals surface area contributed by atoms with Gasteiger partial charge in [0.15, 0.2) is 0 Å². The first kappa shape index (κ1) is 28.1. The summed E-state index contributed by atoms with van der Waals surface area (Å²) in [5, 5.41) is 15.1. The maximum absolute atomic E-state index is 13.3. The van der Waals surface area contributed by atoms with Crippen molar-refractivity contribution in [1.29, 1.82) is 5.26 Å². The number of nitrogens with zero attached hydrogens (tertiary/aromatic N) is 3. The van der Waals surface area contributed by atoms with E-state index in [0.717, 1.165) is 41.4 Å². The second kappa shape index (κ2) is 11.2. The van der Waals surface area contributed by atoms with E-state index in [1.54, 1.807) is 17.4 Å². The number of hydrogen-bond acceptors (Lipinski definition) is 8. The van der Waals surface area contributed by atoms with E-state index >= 15 is 0 Å². The molecule has 4 atom stereocenters. The van der Waals surface area contributed by atoms with Gasteiger partial charge in [0.2, 0.25) is 5.91 Å². The molecule has 10 nitrogen and oxygen atoms in total. The van der Waals surface area contributed by atoms with Crippen molar-refractivity contribution >= 4 is 34.4 Å². The lowest BCUT2D eigenvalue weighted by molar-refractivity contribution is -0.128. The average molecular weight is 557 g/mol. The summed E-state index contributed by atoms with van der Waals surface area (Å²) in [6, 6.07) is 15.7.